The molecular formula is C14H17N3O3S. The summed E-state index contributed by atoms with van der Waals surface area (Å²) in [6.45, 7) is 0.941. The van der Waals surface area contributed by atoms with Gasteiger partial charge in [-0.15, -0.1) is 0 Å². The van der Waals surface area contributed by atoms with Crippen molar-refractivity contribution in [2.75, 3.05) is 13.1 Å². The van der Waals surface area contributed by atoms with Gasteiger partial charge in [0.15, 0.2) is 0 Å². The third-order valence-electron chi connectivity index (χ3n) is 3.80. The van der Waals surface area contributed by atoms with Crippen LogP contribution in [0.5, 0.6) is 0 Å². The lowest BCUT2D eigenvalue weighted by atomic mass is 10.1. The van der Waals surface area contributed by atoms with Crippen LogP contribution in [0.1, 0.15) is 23.2 Å². The lowest BCUT2D eigenvalue weighted by Gasteiger charge is -2.16. The number of hydrogen-bond acceptors (Lipinski definition) is 3. The Kier molecular flexibility index (Phi) is 3.46. The second kappa shape index (κ2) is 5.16. The van der Waals surface area contributed by atoms with Crippen LogP contribution in [0.15, 0.2) is 30.5 Å². The number of rotatable bonds is 3. The van der Waals surface area contributed by atoms with Crippen molar-refractivity contribution in [3.05, 3.63) is 36.0 Å². The highest BCUT2D eigenvalue weighted by Gasteiger charge is 2.27. The van der Waals surface area contributed by atoms with Crippen LogP contribution in [0, 0.1) is 0 Å². The van der Waals surface area contributed by atoms with Gasteiger partial charge in [-0.25, -0.2) is 4.72 Å². The summed E-state index contributed by atoms with van der Waals surface area (Å²) >= 11 is 0. The summed E-state index contributed by atoms with van der Waals surface area (Å²) in [5.41, 5.74) is 1.26. The minimum absolute atomic E-state index is 0.371. The first kappa shape index (κ1) is 14.1. The van der Waals surface area contributed by atoms with Gasteiger partial charge in [-0.05, 0) is 31.0 Å². The first-order chi connectivity index (χ1) is 9.99. The van der Waals surface area contributed by atoms with Gasteiger partial charge in [0.1, 0.15) is 0 Å². The Morgan fingerprint density at radius 3 is 2.62 bits per heavy atom. The summed E-state index contributed by atoms with van der Waals surface area (Å²) in [7, 11) is -1.86. The lowest BCUT2D eigenvalue weighted by Crippen LogP contribution is -2.42. The molecule has 0 bridgehead atoms. The Morgan fingerprint density at radius 1 is 1.19 bits per heavy atom. The third kappa shape index (κ3) is 2.54. The Hall–Kier alpha value is -1.86. The molecule has 3 rings (SSSR count). The summed E-state index contributed by atoms with van der Waals surface area (Å²) in [5, 5.41) is 0.745. The number of nitrogens with one attached hydrogen (secondary N) is 1. The molecule has 0 saturated carbocycles. The molecule has 1 aliphatic heterocycles. The van der Waals surface area contributed by atoms with E-state index in [0.717, 1.165) is 23.7 Å². The van der Waals surface area contributed by atoms with Gasteiger partial charge in [-0.1, -0.05) is 6.07 Å². The molecule has 1 fully saturated rings. The van der Waals surface area contributed by atoms with Crippen LogP contribution < -0.4 is 4.72 Å². The number of carbonyl (C=O) groups is 1. The molecule has 0 radical (unpaired) electrons. The van der Waals surface area contributed by atoms with E-state index < -0.39 is 16.1 Å². The molecule has 1 amide bonds. The standard InChI is InChI=1S/C14H17N3O3S/c1-16-10-7-11-12(5-4-6-13(11)16)14(18)15-21(19,20)17-8-2-3-9-17/h4-7,10H,2-3,8-9H2,1H3,(H,15,18). The second-order valence-electron chi connectivity index (χ2n) is 5.21. The summed E-state index contributed by atoms with van der Waals surface area (Å²) in [6.07, 6.45) is 3.52. The van der Waals surface area contributed by atoms with Crippen LogP contribution in [0.2, 0.25) is 0 Å². The molecule has 7 heteroatoms. The van der Waals surface area contributed by atoms with E-state index in [1.165, 1.54) is 4.31 Å². The van der Waals surface area contributed by atoms with Gasteiger partial charge in [0, 0.05) is 42.8 Å². The van der Waals surface area contributed by atoms with E-state index >= 15 is 0 Å². The van der Waals surface area contributed by atoms with Crippen molar-refractivity contribution in [2.24, 2.45) is 7.05 Å². The van der Waals surface area contributed by atoms with Crippen molar-refractivity contribution in [3.63, 3.8) is 0 Å². The second-order valence-corrected chi connectivity index (χ2v) is 6.88. The van der Waals surface area contributed by atoms with Crippen LogP contribution in [0.3, 0.4) is 0 Å². The van der Waals surface area contributed by atoms with Crippen molar-refractivity contribution >= 4 is 27.0 Å². The molecular weight excluding hydrogens is 290 g/mol. The molecule has 6 nitrogen and oxygen atoms in total. The summed E-state index contributed by atoms with van der Waals surface area (Å²) in [4.78, 5) is 12.3. The molecule has 2 heterocycles. The highest BCUT2D eigenvalue weighted by atomic mass is 32.2. The van der Waals surface area contributed by atoms with Crippen LogP contribution in [0.25, 0.3) is 10.9 Å². The molecule has 0 unspecified atom stereocenters. The predicted molar refractivity (Wildman–Crippen MR) is 80.1 cm³/mol. The smallest absolute Gasteiger partial charge is 0.304 e. The zero-order valence-corrected chi connectivity index (χ0v) is 12.6. The quantitative estimate of drug-likeness (QED) is 0.927. The summed E-state index contributed by atoms with van der Waals surface area (Å²) < 4.78 is 29.7. The van der Waals surface area contributed by atoms with E-state index in [1.54, 1.807) is 12.1 Å². The van der Waals surface area contributed by atoms with Gasteiger partial charge in [0.25, 0.3) is 5.91 Å². The van der Waals surface area contributed by atoms with Crippen molar-refractivity contribution < 1.29 is 13.2 Å². The normalized spacial score (nSPS) is 16.4. The maximum atomic E-state index is 12.3. The third-order valence-corrected chi connectivity index (χ3v) is 5.29. The SMILES string of the molecule is Cn1ccc2c(C(=O)NS(=O)(=O)N3CCCC3)cccc21. The molecule has 112 valence electrons. The molecule has 0 aliphatic carbocycles. The average molecular weight is 307 g/mol. The number of fused-ring (bicyclic) bond motifs is 1. The highest BCUT2D eigenvalue weighted by Crippen LogP contribution is 2.20. The number of hydrogen-bond donors (Lipinski definition) is 1. The van der Waals surface area contributed by atoms with Gasteiger partial charge in [0.2, 0.25) is 0 Å². The van der Waals surface area contributed by atoms with Crippen LogP contribution >= 0.6 is 0 Å². The van der Waals surface area contributed by atoms with E-state index in [4.69, 9.17) is 0 Å². The largest absolute Gasteiger partial charge is 0.351 e. The highest BCUT2D eigenvalue weighted by molar-refractivity contribution is 7.87. The predicted octanol–water partition coefficient (Wildman–Crippen LogP) is 1.25. The minimum atomic E-state index is -3.74. The molecule has 21 heavy (non-hydrogen) atoms. The van der Waals surface area contributed by atoms with Gasteiger partial charge in [0.05, 0.1) is 0 Å². The zero-order valence-electron chi connectivity index (χ0n) is 11.7. The first-order valence-electron chi connectivity index (χ1n) is 6.85. The Bertz CT molecular complexity index is 789. The monoisotopic (exact) mass is 307 g/mol. The zero-order chi connectivity index (χ0) is 15.0. The number of nitrogens with zero attached hydrogens (tertiary/aromatic N) is 2. The molecule has 1 aromatic carbocycles. The maximum absolute atomic E-state index is 12.3. The number of aromatic nitrogens is 1. The van der Waals surface area contributed by atoms with Gasteiger partial charge in [-0.3, -0.25) is 4.79 Å². The van der Waals surface area contributed by atoms with E-state index in [2.05, 4.69) is 4.72 Å². The average Bonchev–Trinajstić information content (AvgIpc) is 3.08. The maximum Gasteiger partial charge on any atom is 0.304 e. The fourth-order valence-corrected chi connectivity index (χ4v) is 3.88. The molecule has 2 aromatic rings. The molecule has 1 aliphatic rings. The van der Waals surface area contributed by atoms with Crippen molar-refractivity contribution in [2.45, 2.75) is 12.8 Å². The summed E-state index contributed by atoms with van der Waals surface area (Å²) in [5.74, 6) is -0.585. The van der Waals surface area contributed by atoms with Crippen LogP contribution in [0.4, 0.5) is 0 Å². The topological polar surface area (TPSA) is 71.4 Å². The molecule has 1 saturated heterocycles. The first-order valence-corrected chi connectivity index (χ1v) is 8.29. The van der Waals surface area contributed by atoms with E-state index in [0.29, 0.717) is 18.7 Å². The van der Waals surface area contributed by atoms with Crippen molar-refractivity contribution in [3.8, 4) is 0 Å². The van der Waals surface area contributed by atoms with Gasteiger partial charge in [-0.2, -0.15) is 12.7 Å². The molecule has 0 atom stereocenters. The fourth-order valence-electron chi connectivity index (χ4n) is 2.67. The van der Waals surface area contributed by atoms with E-state index in [9.17, 15) is 13.2 Å². The van der Waals surface area contributed by atoms with Gasteiger partial charge >= 0.3 is 10.2 Å². The number of benzene rings is 1. The molecule has 1 aromatic heterocycles. The Morgan fingerprint density at radius 2 is 1.90 bits per heavy atom. The van der Waals surface area contributed by atoms with Crippen LogP contribution in [-0.4, -0.2) is 36.3 Å². The lowest BCUT2D eigenvalue weighted by molar-refractivity contribution is 0.0981. The van der Waals surface area contributed by atoms with Crippen molar-refractivity contribution in [1.82, 2.24) is 13.6 Å². The Balaban J connectivity index is 1.91. The summed E-state index contributed by atoms with van der Waals surface area (Å²) in [6, 6.07) is 7.09. The van der Waals surface area contributed by atoms with Crippen molar-refractivity contribution in [1.29, 1.82) is 0 Å². The van der Waals surface area contributed by atoms with Crippen LogP contribution in [-0.2, 0) is 17.3 Å². The Labute approximate surface area is 123 Å². The van der Waals surface area contributed by atoms with E-state index in [-0.39, 0.29) is 0 Å². The number of aryl methyl sites for hydroxylation is 1. The van der Waals surface area contributed by atoms with Gasteiger partial charge < -0.3 is 4.57 Å². The van der Waals surface area contributed by atoms with E-state index in [1.807, 2.05) is 29.9 Å². The molecule has 1 N–H and O–H groups in total. The number of amides is 1. The minimum Gasteiger partial charge on any atom is -0.351 e. The molecule has 0 spiro atoms. The fraction of sp³-hybridized carbons (Fsp3) is 0.357. The number of carbonyl (C=O) groups excluding carboxylic acids is 1.